The number of alkyl halides is 3. The first-order chi connectivity index (χ1) is 9.82. The number of halogens is 3. The van der Waals surface area contributed by atoms with Gasteiger partial charge in [-0.25, -0.2) is 0 Å². The van der Waals surface area contributed by atoms with Crippen molar-refractivity contribution < 1.29 is 18.0 Å². The van der Waals surface area contributed by atoms with E-state index >= 15 is 0 Å². The van der Waals surface area contributed by atoms with Crippen molar-refractivity contribution in [3.63, 3.8) is 0 Å². The predicted molar refractivity (Wildman–Crippen MR) is 73.1 cm³/mol. The Labute approximate surface area is 118 Å². The summed E-state index contributed by atoms with van der Waals surface area (Å²) in [4.78, 5) is 26.2. The van der Waals surface area contributed by atoms with Crippen LogP contribution in [0.1, 0.15) is 25.3 Å². The van der Waals surface area contributed by atoms with Crippen molar-refractivity contribution in [1.82, 2.24) is 4.98 Å². The summed E-state index contributed by atoms with van der Waals surface area (Å²) in [7, 11) is 0. The first kappa shape index (κ1) is 15.1. The van der Waals surface area contributed by atoms with Crippen LogP contribution >= 0.6 is 0 Å². The highest BCUT2D eigenvalue weighted by Crippen LogP contribution is 2.30. The summed E-state index contributed by atoms with van der Waals surface area (Å²) in [6.45, 7) is 1.82. The van der Waals surface area contributed by atoms with Crippen LogP contribution in [0.2, 0.25) is 0 Å². The van der Waals surface area contributed by atoms with Gasteiger partial charge in [0.15, 0.2) is 0 Å². The fourth-order valence-electron chi connectivity index (χ4n) is 1.93. The van der Waals surface area contributed by atoms with Crippen LogP contribution in [0.15, 0.2) is 29.2 Å². The van der Waals surface area contributed by atoms with Gasteiger partial charge < -0.3 is 10.3 Å². The highest BCUT2D eigenvalue weighted by Gasteiger charge is 2.30. The molecule has 0 spiro atoms. The SMILES string of the molecule is CCCC(=O)Nc1c[nH]c2cc(C(F)(F)F)ccc2c1=O. The normalized spacial score (nSPS) is 11.6. The lowest BCUT2D eigenvalue weighted by atomic mass is 10.1. The molecule has 2 N–H and O–H groups in total. The number of hydrogen-bond acceptors (Lipinski definition) is 2. The first-order valence-electron chi connectivity index (χ1n) is 6.35. The minimum atomic E-state index is -4.47. The highest BCUT2D eigenvalue weighted by atomic mass is 19.4. The number of hydrogen-bond donors (Lipinski definition) is 2. The lowest BCUT2D eigenvalue weighted by Gasteiger charge is -2.09. The first-order valence-corrected chi connectivity index (χ1v) is 6.35. The molecule has 21 heavy (non-hydrogen) atoms. The smallest absolute Gasteiger partial charge is 0.359 e. The second kappa shape index (κ2) is 5.59. The van der Waals surface area contributed by atoms with Gasteiger partial charge in [0.05, 0.1) is 5.56 Å². The van der Waals surface area contributed by atoms with E-state index in [1.807, 2.05) is 6.92 Å². The topological polar surface area (TPSA) is 62.0 Å². The van der Waals surface area contributed by atoms with Gasteiger partial charge in [-0.05, 0) is 24.6 Å². The highest BCUT2D eigenvalue weighted by molar-refractivity contribution is 5.93. The van der Waals surface area contributed by atoms with Crippen LogP contribution < -0.4 is 10.7 Å². The number of rotatable bonds is 3. The molecule has 2 rings (SSSR count). The summed E-state index contributed by atoms with van der Waals surface area (Å²) >= 11 is 0. The maximum Gasteiger partial charge on any atom is 0.416 e. The summed E-state index contributed by atoms with van der Waals surface area (Å²) in [6, 6.07) is 2.82. The average molecular weight is 298 g/mol. The van der Waals surface area contributed by atoms with E-state index in [4.69, 9.17) is 0 Å². The summed E-state index contributed by atoms with van der Waals surface area (Å²) in [5, 5.41) is 2.54. The van der Waals surface area contributed by atoms with Gasteiger partial charge in [0, 0.05) is 23.5 Å². The van der Waals surface area contributed by atoms with Gasteiger partial charge in [-0.15, -0.1) is 0 Å². The second-order valence-electron chi connectivity index (χ2n) is 4.59. The van der Waals surface area contributed by atoms with E-state index in [9.17, 15) is 22.8 Å². The third-order valence-electron chi connectivity index (χ3n) is 2.96. The van der Waals surface area contributed by atoms with Crippen LogP contribution in [0, 0.1) is 0 Å². The van der Waals surface area contributed by atoms with E-state index in [1.54, 1.807) is 0 Å². The third kappa shape index (κ3) is 3.24. The minimum Gasteiger partial charge on any atom is -0.359 e. The van der Waals surface area contributed by atoms with Crippen molar-refractivity contribution in [2.45, 2.75) is 25.9 Å². The van der Waals surface area contributed by atoms with Crippen LogP contribution in [0.3, 0.4) is 0 Å². The molecule has 7 heteroatoms. The molecule has 0 saturated carbocycles. The molecule has 0 aliphatic carbocycles. The van der Waals surface area contributed by atoms with E-state index in [2.05, 4.69) is 10.3 Å². The van der Waals surface area contributed by atoms with Crippen LogP contribution in [0.4, 0.5) is 18.9 Å². The number of aromatic nitrogens is 1. The van der Waals surface area contributed by atoms with Crippen molar-refractivity contribution in [1.29, 1.82) is 0 Å². The summed E-state index contributed by atoms with van der Waals surface area (Å²) in [5.74, 6) is -0.311. The molecule has 0 bridgehead atoms. The van der Waals surface area contributed by atoms with Gasteiger partial charge in [-0.3, -0.25) is 9.59 Å². The van der Waals surface area contributed by atoms with Crippen LogP contribution in [0.5, 0.6) is 0 Å². The number of pyridine rings is 1. The number of nitrogens with one attached hydrogen (secondary N) is 2. The Morgan fingerprint density at radius 1 is 1.33 bits per heavy atom. The fraction of sp³-hybridized carbons (Fsp3) is 0.286. The van der Waals surface area contributed by atoms with Gasteiger partial charge in [-0.2, -0.15) is 13.2 Å². The van der Waals surface area contributed by atoms with Crippen molar-refractivity contribution in [2.75, 3.05) is 5.32 Å². The number of H-pyrrole nitrogens is 1. The number of fused-ring (bicyclic) bond motifs is 1. The van der Waals surface area contributed by atoms with Gasteiger partial charge in [0.2, 0.25) is 11.3 Å². The monoisotopic (exact) mass is 298 g/mol. The molecule has 0 atom stereocenters. The fourth-order valence-corrected chi connectivity index (χ4v) is 1.93. The Balaban J connectivity index is 2.44. The summed E-state index contributed by atoms with van der Waals surface area (Å²) in [5.41, 5.74) is -1.25. The molecule has 4 nitrogen and oxygen atoms in total. The Bertz CT molecular complexity index is 735. The molecular formula is C14H13F3N2O2. The summed E-state index contributed by atoms with van der Waals surface area (Å²) < 4.78 is 37.8. The zero-order valence-corrected chi connectivity index (χ0v) is 11.2. The number of anilines is 1. The van der Waals surface area contributed by atoms with Crippen molar-refractivity contribution in [3.8, 4) is 0 Å². The molecule has 0 aliphatic rings. The van der Waals surface area contributed by atoms with E-state index < -0.39 is 17.2 Å². The molecule has 1 aromatic carbocycles. The van der Waals surface area contributed by atoms with Crippen LogP contribution in [-0.2, 0) is 11.0 Å². The molecule has 0 saturated heterocycles. The van der Waals surface area contributed by atoms with Gasteiger partial charge in [0.1, 0.15) is 5.69 Å². The standard InChI is InChI=1S/C14H13F3N2O2/c1-2-3-12(20)19-11-7-18-10-6-8(14(15,16)17)4-5-9(10)13(11)21/h4-7H,2-3H2,1H3,(H,18,21)(H,19,20). The lowest BCUT2D eigenvalue weighted by molar-refractivity contribution is -0.137. The van der Waals surface area contributed by atoms with Crippen LogP contribution in [0.25, 0.3) is 10.9 Å². The molecular weight excluding hydrogens is 285 g/mol. The number of carbonyl (C=O) groups is 1. The Morgan fingerprint density at radius 2 is 2.05 bits per heavy atom. The maximum absolute atomic E-state index is 12.6. The molecule has 1 amide bonds. The zero-order valence-electron chi connectivity index (χ0n) is 11.2. The number of carbonyl (C=O) groups excluding carboxylic acids is 1. The molecule has 112 valence electrons. The van der Waals surface area contributed by atoms with E-state index in [0.717, 1.165) is 18.2 Å². The number of amides is 1. The van der Waals surface area contributed by atoms with E-state index in [-0.39, 0.29) is 28.9 Å². The lowest BCUT2D eigenvalue weighted by Crippen LogP contribution is -2.18. The quantitative estimate of drug-likeness (QED) is 0.913. The Kier molecular flexibility index (Phi) is 4.02. The molecule has 1 aromatic heterocycles. The maximum atomic E-state index is 12.6. The van der Waals surface area contributed by atoms with Gasteiger partial charge >= 0.3 is 6.18 Å². The predicted octanol–water partition coefficient (Wildman–Crippen LogP) is 3.29. The van der Waals surface area contributed by atoms with E-state index in [0.29, 0.717) is 6.42 Å². The number of aromatic amines is 1. The van der Waals surface area contributed by atoms with Gasteiger partial charge in [-0.1, -0.05) is 6.92 Å². The summed E-state index contributed by atoms with van der Waals surface area (Å²) in [6.07, 6.45) is -2.37. The average Bonchev–Trinajstić information content (AvgIpc) is 2.41. The molecule has 1 heterocycles. The molecule has 0 aliphatic heterocycles. The zero-order chi connectivity index (χ0) is 15.6. The molecule has 0 unspecified atom stereocenters. The molecule has 2 aromatic rings. The van der Waals surface area contributed by atoms with Crippen molar-refractivity contribution in [3.05, 3.63) is 40.2 Å². The van der Waals surface area contributed by atoms with Crippen molar-refractivity contribution in [2.24, 2.45) is 0 Å². The Hall–Kier alpha value is -2.31. The molecule has 0 fully saturated rings. The minimum absolute atomic E-state index is 0.0284. The van der Waals surface area contributed by atoms with Crippen molar-refractivity contribution >= 4 is 22.5 Å². The third-order valence-corrected chi connectivity index (χ3v) is 2.96. The number of benzene rings is 1. The Morgan fingerprint density at radius 3 is 2.67 bits per heavy atom. The van der Waals surface area contributed by atoms with Gasteiger partial charge in [0.25, 0.3) is 0 Å². The van der Waals surface area contributed by atoms with E-state index in [1.165, 1.54) is 6.20 Å². The van der Waals surface area contributed by atoms with Crippen LogP contribution in [-0.4, -0.2) is 10.9 Å². The largest absolute Gasteiger partial charge is 0.416 e. The molecule has 0 radical (unpaired) electrons. The second-order valence-corrected chi connectivity index (χ2v) is 4.59.